The van der Waals surface area contributed by atoms with Gasteiger partial charge in [-0.3, -0.25) is 41.8 Å². The van der Waals surface area contributed by atoms with Gasteiger partial charge in [0.05, 0.1) is 78.4 Å². The van der Waals surface area contributed by atoms with Gasteiger partial charge in [-0.05, 0) is 83.1 Å². The van der Waals surface area contributed by atoms with Crippen molar-refractivity contribution in [1.29, 1.82) is 0 Å². The van der Waals surface area contributed by atoms with Crippen molar-refractivity contribution in [1.82, 2.24) is 73.8 Å². The molecule has 3 saturated heterocycles. The number of nitrogens with two attached hydrogens (primary N) is 3. The van der Waals surface area contributed by atoms with E-state index < -0.39 is 148 Å². The maximum Gasteiger partial charge on any atom is 0.327 e. The number of fused-ring (bicyclic) bond motifs is 3. The summed E-state index contributed by atoms with van der Waals surface area (Å²) in [4.78, 5) is 73.0. The van der Waals surface area contributed by atoms with Crippen LogP contribution in [0.2, 0.25) is 0 Å². The molecule has 18 atom stereocenters. The summed E-state index contributed by atoms with van der Waals surface area (Å²) in [7, 11) is 0. The van der Waals surface area contributed by atoms with E-state index in [0.717, 1.165) is 34.1 Å². The highest BCUT2D eigenvalue weighted by atomic mass is 32.7. The number of halogens is 3. The first-order chi connectivity index (χ1) is 50.9. The normalized spacial score (nSPS) is 26.6. The fourth-order valence-electron chi connectivity index (χ4n) is 11.0. The number of carbonyl (C=O) groups excluding carboxylic acids is 3. The standard InChI is InChI=1S/3C20H32FN6O7PS/c3*1-6-31-16-13-15(24-19(22)25-16)27(10-23-13)18-20(5,21)14(28)12(34-18)9-33-35(30,36-8-3)26-11(4)17(29)32-7-2/h3*10-12,14,18,28H,6-9H2,1-5H3,(H,26,30)(H2,22,24,25)/t11-,12+,14+,18+,20+,35?;11-,12-,14-,18-,20-,35+;11-,12-,14-,18-,20-,35-/m011/s1. The zero-order valence-corrected chi connectivity index (χ0v) is 67.3. The lowest BCUT2D eigenvalue weighted by atomic mass is 9.98. The van der Waals surface area contributed by atoms with Crippen LogP contribution >= 0.6 is 54.3 Å². The lowest BCUT2D eigenvalue weighted by Gasteiger charge is -2.25. The van der Waals surface area contributed by atoms with Gasteiger partial charge in [0, 0.05) is 17.3 Å². The number of esters is 3. The zero-order valence-electron chi connectivity index (χ0n) is 62.1. The average molecular weight is 1650 g/mol. The molecule has 0 bridgehead atoms. The quantitative estimate of drug-likeness (QED) is 0.0113. The van der Waals surface area contributed by atoms with Gasteiger partial charge in [0.2, 0.25) is 35.5 Å². The maximum atomic E-state index is 15.8. The first kappa shape index (κ1) is 89.1. The summed E-state index contributed by atoms with van der Waals surface area (Å²) in [5.74, 6) is -0.469. The molecular weight excluding hydrogens is 1550 g/mol. The zero-order chi connectivity index (χ0) is 80.0. The van der Waals surface area contributed by atoms with Crippen LogP contribution in [0.1, 0.15) is 123 Å². The Hall–Kier alpha value is -6.09. The molecule has 0 aliphatic carbocycles. The predicted octanol–water partition coefficient (Wildman–Crippen LogP) is 6.64. The third-order valence-corrected chi connectivity index (χ3v) is 28.7. The van der Waals surface area contributed by atoms with Gasteiger partial charge in [0.1, 0.15) is 54.7 Å². The Kier molecular flexibility index (Phi) is 31.7. The summed E-state index contributed by atoms with van der Waals surface area (Å²) in [5.41, 5.74) is 11.7. The molecule has 0 spiro atoms. The molecule has 0 amide bonds. The van der Waals surface area contributed by atoms with Crippen LogP contribution in [0.5, 0.6) is 17.6 Å². The van der Waals surface area contributed by atoms with Gasteiger partial charge in [-0.1, -0.05) is 54.9 Å². The topological polar surface area (TPSA) is 519 Å². The Labute approximate surface area is 632 Å². The molecule has 9 rings (SSSR count). The molecule has 3 aliphatic rings. The summed E-state index contributed by atoms with van der Waals surface area (Å²) in [6.07, 6.45) is -8.73. The minimum absolute atomic E-state index is 0.106. The summed E-state index contributed by atoms with van der Waals surface area (Å²) >= 11 is 2.88. The maximum absolute atomic E-state index is 15.8. The molecule has 0 radical (unpaired) electrons. The van der Waals surface area contributed by atoms with Crippen molar-refractivity contribution in [3.63, 3.8) is 0 Å². The second-order valence-electron chi connectivity index (χ2n) is 24.2. The fourth-order valence-corrected chi connectivity index (χ4v) is 21.9. The molecule has 3 fully saturated rings. The molecule has 6 aromatic rings. The molecule has 606 valence electrons. The number of nitrogens with zero attached hydrogens (tertiary/aromatic N) is 12. The second-order valence-corrected chi connectivity index (χ2v) is 37.9. The van der Waals surface area contributed by atoms with Gasteiger partial charge < -0.3 is 88.7 Å². The summed E-state index contributed by atoms with van der Waals surface area (Å²) in [5, 5.41) is 40.2. The number of rotatable bonds is 36. The molecule has 6 aromatic heterocycles. The number of imidazole rings is 3. The lowest BCUT2D eigenvalue weighted by molar-refractivity contribution is -0.145. The van der Waals surface area contributed by atoms with Crippen LogP contribution in [-0.4, -0.2) is 240 Å². The molecule has 9 heterocycles. The third-order valence-electron chi connectivity index (χ3n) is 16.1. The first-order valence-electron chi connectivity index (χ1n) is 34.4. The number of alkyl halides is 3. The van der Waals surface area contributed by atoms with Gasteiger partial charge in [-0.2, -0.15) is 29.9 Å². The van der Waals surface area contributed by atoms with E-state index in [-0.39, 0.29) is 88.8 Å². The predicted molar refractivity (Wildman–Crippen MR) is 394 cm³/mol. The van der Waals surface area contributed by atoms with E-state index in [4.69, 9.17) is 73.4 Å². The number of hydrogen-bond donors (Lipinski definition) is 9. The molecule has 0 aromatic carbocycles. The minimum atomic E-state index is -3.63. The molecule has 0 saturated carbocycles. The Balaban J connectivity index is 0.000000226. The van der Waals surface area contributed by atoms with Gasteiger partial charge in [0.15, 0.2) is 69.2 Å². The Bertz CT molecular complexity index is 3770. The van der Waals surface area contributed by atoms with Crippen molar-refractivity contribution in [3.8, 4) is 17.6 Å². The van der Waals surface area contributed by atoms with E-state index in [9.17, 15) is 43.4 Å². The van der Waals surface area contributed by atoms with Crippen LogP contribution in [0.25, 0.3) is 33.5 Å². The molecule has 39 nitrogen and oxygen atoms in total. The number of aliphatic hydroxyl groups is 3. The molecule has 3 aliphatic heterocycles. The highest BCUT2D eigenvalue weighted by molar-refractivity contribution is 8.56. The average Bonchev–Trinajstić information content (AvgIpc) is 1.61. The molecule has 108 heavy (non-hydrogen) atoms. The molecule has 12 N–H and O–H groups in total. The van der Waals surface area contributed by atoms with E-state index in [1.807, 2.05) is 0 Å². The Morgan fingerprint density at radius 1 is 0.472 bits per heavy atom. The van der Waals surface area contributed by atoms with Gasteiger partial charge >= 0.3 is 38.1 Å². The monoisotopic (exact) mass is 1650 g/mol. The smallest absolute Gasteiger partial charge is 0.327 e. The minimum Gasteiger partial charge on any atom is -0.476 e. The van der Waals surface area contributed by atoms with Crippen molar-refractivity contribution in [2.45, 2.75) is 194 Å². The summed E-state index contributed by atoms with van der Waals surface area (Å²) in [6, 6.07) is -2.73. The van der Waals surface area contributed by atoms with Crippen molar-refractivity contribution in [2.24, 2.45) is 0 Å². The van der Waals surface area contributed by atoms with Crippen molar-refractivity contribution < 1.29 is 113 Å². The van der Waals surface area contributed by atoms with Crippen molar-refractivity contribution >= 4 is 124 Å². The van der Waals surface area contributed by atoms with Crippen LogP contribution in [-0.2, 0) is 70.1 Å². The van der Waals surface area contributed by atoms with Crippen LogP contribution in [0.15, 0.2) is 19.0 Å². The van der Waals surface area contributed by atoms with Gasteiger partial charge in [-0.25, -0.2) is 43.4 Å². The second kappa shape index (κ2) is 38.4. The van der Waals surface area contributed by atoms with Crippen LogP contribution < -0.4 is 46.7 Å². The van der Waals surface area contributed by atoms with Crippen LogP contribution in [0, 0.1) is 0 Å². The summed E-state index contributed by atoms with van der Waals surface area (Å²) < 4.78 is 157. The van der Waals surface area contributed by atoms with Crippen molar-refractivity contribution in [2.75, 3.05) is 93.9 Å². The number of hydrogen-bond acceptors (Lipinski definition) is 36. The molecule has 1 unspecified atom stereocenters. The highest BCUT2D eigenvalue weighted by Crippen LogP contribution is 2.59. The fraction of sp³-hybridized carbons (Fsp3) is 0.700. The van der Waals surface area contributed by atoms with Crippen LogP contribution in [0.3, 0.4) is 0 Å². The SMILES string of the molecule is CCOC(=O)[C@@H](C)N[P@@](=O)(OC[C@H]1O[C@@H](n2cnc3c(OCC)nc(N)nc32)[C@](C)(F)[C@@H]1O)SCC.CCOC(=O)[C@@H](C)N[P@](=O)(OC[C@H]1O[C@@H](n2cnc3c(OCC)nc(N)nc32)[C@](C)(F)[C@@H]1O)SCC.CCOC(=O)[C@H](C)NP(=O)(OC[C@H]1O[C@@H](n2cnc3c(OCC)nc(N)nc32)[C@](C)(F)[C@@H]1O)SCC. The number of carbonyl (C=O) groups is 3. The number of aliphatic hydroxyl groups excluding tert-OH is 3. The van der Waals surface area contributed by atoms with E-state index >= 15 is 13.2 Å². The number of anilines is 3. The van der Waals surface area contributed by atoms with E-state index in [0.29, 0.717) is 37.1 Å². The summed E-state index contributed by atoms with van der Waals surface area (Å²) in [6.45, 7) is 12.8. The Morgan fingerprint density at radius 2 is 0.713 bits per heavy atom. The number of aromatic nitrogens is 12. The number of nitrogens with one attached hydrogen (secondary N) is 3. The number of nitrogen functional groups attached to an aromatic ring is 3. The highest BCUT2D eigenvalue weighted by Gasteiger charge is 2.59. The van der Waals surface area contributed by atoms with E-state index in [1.165, 1.54) is 74.2 Å². The molecular formula is C60H96F3N18O21P3S3. The van der Waals surface area contributed by atoms with Crippen LogP contribution in [0.4, 0.5) is 31.0 Å². The van der Waals surface area contributed by atoms with E-state index in [2.05, 4.69) is 60.1 Å². The third kappa shape index (κ3) is 21.0. The van der Waals surface area contributed by atoms with Gasteiger partial charge in [0.25, 0.3) is 0 Å². The van der Waals surface area contributed by atoms with Gasteiger partial charge in [-0.15, -0.1) is 0 Å². The number of ether oxygens (including phenoxy) is 9. The largest absolute Gasteiger partial charge is 0.476 e. The van der Waals surface area contributed by atoms with Crippen molar-refractivity contribution in [3.05, 3.63) is 19.0 Å². The Morgan fingerprint density at radius 3 is 0.926 bits per heavy atom. The van der Waals surface area contributed by atoms with E-state index in [1.54, 1.807) is 62.3 Å². The molecule has 48 heteroatoms. The lowest BCUT2D eigenvalue weighted by Crippen LogP contribution is -2.41. The first-order valence-corrected chi connectivity index (χ1v) is 44.0.